The Labute approximate surface area is 91.0 Å². The number of primary amides is 1. The summed E-state index contributed by atoms with van der Waals surface area (Å²) < 4.78 is 0. The van der Waals surface area contributed by atoms with Gasteiger partial charge in [0.05, 0.1) is 6.54 Å². The molecule has 6 heteroatoms. The zero-order chi connectivity index (χ0) is 8.10. The lowest BCUT2D eigenvalue weighted by atomic mass is 10.4. The highest BCUT2D eigenvalue weighted by Gasteiger charge is 2.09. The summed E-state index contributed by atoms with van der Waals surface area (Å²) in [4.78, 5) is 12.6. The highest BCUT2D eigenvalue weighted by molar-refractivity contribution is 5.85. The third-order valence-electron chi connectivity index (χ3n) is 1.81. The molecule has 1 saturated heterocycles. The number of halogens is 2. The first kappa shape index (κ1) is 15.4. The minimum atomic E-state index is -0.230. The van der Waals surface area contributed by atoms with Crippen molar-refractivity contribution in [2.24, 2.45) is 5.73 Å². The lowest BCUT2D eigenvalue weighted by Crippen LogP contribution is -2.36. The Bertz CT molecular complexity index is 138. The van der Waals surface area contributed by atoms with E-state index >= 15 is 0 Å². The number of hydrogen-bond acceptors (Lipinski definition) is 3. The van der Waals surface area contributed by atoms with Gasteiger partial charge >= 0.3 is 0 Å². The van der Waals surface area contributed by atoms with E-state index < -0.39 is 0 Å². The molecule has 80 valence electrons. The first-order chi connectivity index (χ1) is 5.29. The monoisotopic (exact) mass is 229 g/mol. The van der Waals surface area contributed by atoms with E-state index in [9.17, 15) is 4.79 Å². The molecule has 0 aliphatic carbocycles. The van der Waals surface area contributed by atoms with Crippen molar-refractivity contribution in [3.8, 4) is 0 Å². The molecule has 3 N–H and O–H groups in total. The van der Waals surface area contributed by atoms with Gasteiger partial charge in [0.25, 0.3) is 0 Å². The molecule has 13 heavy (non-hydrogen) atoms. The number of carbonyl (C=O) groups excluding carboxylic acids is 1. The van der Waals surface area contributed by atoms with Crippen LogP contribution in [0.25, 0.3) is 0 Å². The van der Waals surface area contributed by atoms with Crippen LogP contribution in [0.4, 0.5) is 0 Å². The van der Waals surface area contributed by atoms with Crippen molar-refractivity contribution in [2.75, 3.05) is 32.7 Å². The lowest BCUT2D eigenvalue weighted by molar-refractivity contribution is -0.119. The van der Waals surface area contributed by atoms with E-state index in [4.69, 9.17) is 5.73 Å². The molecule has 0 atom stereocenters. The first-order valence-electron chi connectivity index (χ1n) is 4.00. The van der Waals surface area contributed by atoms with Gasteiger partial charge in [-0.05, 0) is 19.5 Å². The Hall–Kier alpha value is -0.0300. The molecule has 0 aromatic heterocycles. The summed E-state index contributed by atoms with van der Waals surface area (Å²) in [7, 11) is 0. The molecule has 1 rings (SSSR count). The second-order valence-electron chi connectivity index (χ2n) is 2.85. The number of carbonyl (C=O) groups is 1. The smallest absolute Gasteiger partial charge is 0.231 e. The summed E-state index contributed by atoms with van der Waals surface area (Å²) in [6, 6.07) is 0. The fourth-order valence-electron chi connectivity index (χ4n) is 1.28. The number of hydrogen-bond donors (Lipinski definition) is 2. The van der Waals surface area contributed by atoms with Crippen molar-refractivity contribution < 1.29 is 4.79 Å². The topological polar surface area (TPSA) is 58.4 Å². The van der Waals surface area contributed by atoms with E-state index in [1.165, 1.54) is 0 Å². The van der Waals surface area contributed by atoms with E-state index in [-0.39, 0.29) is 30.7 Å². The minimum absolute atomic E-state index is 0. The molecule has 1 amide bonds. The van der Waals surface area contributed by atoms with E-state index in [2.05, 4.69) is 10.2 Å². The number of nitrogens with zero attached hydrogens (tertiary/aromatic N) is 1. The molecule has 1 aliphatic heterocycles. The molecular weight excluding hydrogens is 213 g/mol. The van der Waals surface area contributed by atoms with Crippen LogP contribution in [-0.2, 0) is 4.79 Å². The molecule has 0 bridgehead atoms. The molecule has 0 aromatic rings. The summed E-state index contributed by atoms with van der Waals surface area (Å²) in [6.45, 7) is 4.34. The van der Waals surface area contributed by atoms with Crippen LogP contribution in [0.15, 0.2) is 0 Å². The Morgan fingerprint density at radius 1 is 1.31 bits per heavy atom. The fraction of sp³-hybridized carbons (Fsp3) is 0.857. The standard InChI is InChI=1S/C7H15N3O.2ClH/c8-7(11)6-10-4-1-2-9-3-5-10;;/h9H,1-6H2,(H2,8,11);2*1H. The second kappa shape index (κ2) is 8.56. The van der Waals surface area contributed by atoms with Gasteiger partial charge in [-0.15, -0.1) is 24.8 Å². The number of amides is 1. The third-order valence-corrected chi connectivity index (χ3v) is 1.81. The number of nitrogens with two attached hydrogens (primary N) is 1. The molecule has 0 radical (unpaired) electrons. The van der Waals surface area contributed by atoms with E-state index in [1.54, 1.807) is 0 Å². The Morgan fingerprint density at radius 2 is 2.00 bits per heavy atom. The molecule has 0 saturated carbocycles. The summed E-state index contributed by atoms with van der Waals surface area (Å²) in [6.07, 6.45) is 1.10. The van der Waals surface area contributed by atoms with Crippen LogP contribution in [0.3, 0.4) is 0 Å². The van der Waals surface area contributed by atoms with Crippen molar-refractivity contribution >= 4 is 30.7 Å². The highest BCUT2D eigenvalue weighted by Crippen LogP contribution is 1.93. The Morgan fingerprint density at radius 3 is 2.62 bits per heavy atom. The van der Waals surface area contributed by atoms with Gasteiger partial charge in [-0.1, -0.05) is 0 Å². The van der Waals surface area contributed by atoms with Crippen LogP contribution in [0.2, 0.25) is 0 Å². The molecule has 0 aromatic carbocycles. The van der Waals surface area contributed by atoms with Crippen molar-refractivity contribution in [3.63, 3.8) is 0 Å². The van der Waals surface area contributed by atoms with Crippen molar-refractivity contribution in [1.29, 1.82) is 0 Å². The molecule has 1 fully saturated rings. The van der Waals surface area contributed by atoms with Crippen molar-refractivity contribution in [3.05, 3.63) is 0 Å². The van der Waals surface area contributed by atoms with Gasteiger partial charge < -0.3 is 11.1 Å². The molecular formula is C7H17Cl2N3O. The summed E-state index contributed by atoms with van der Waals surface area (Å²) >= 11 is 0. The van der Waals surface area contributed by atoms with Gasteiger partial charge in [0.15, 0.2) is 0 Å². The summed E-state index contributed by atoms with van der Waals surface area (Å²) in [5.41, 5.74) is 5.07. The maximum absolute atomic E-state index is 10.5. The SMILES string of the molecule is Cl.Cl.NC(=O)CN1CCCNCC1. The zero-order valence-electron chi connectivity index (χ0n) is 7.49. The highest BCUT2D eigenvalue weighted by atomic mass is 35.5. The van der Waals surface area contributed by atoms with Crippen LogP contribution < -0.4 is 11.1 Å². The lowest BCUT2D eigenvalue weighted by Gasteiger charge is -2.16. The van der Waals surface area contributed by atoms with Crippen LogP contribution in [0, 0.1) is 0 Å². The average Bonchev–Trinajstić information content (AvgIpc) is 2.14. The Kier molecular flexibility index (Phi) is 10.2. The number of rotatable bonds is 2. The van der Waals surface area contributed by atoms with Gasteiger partial charge in [-0.25, -0.2) is 0 Å². The average molecular weight is 230 g/mol. The maximum Gasteiger partial charge on any atom is 0.231 e. The predicted octanol–water partition coefficient (Wildman–Crippen LogP) is -0.389. The van der Waals surface area contributed by atoms with Crippen molar-refractivity contribution in [1.82, 2.24) is 10.2 Å². The van der Waals surface area contributed by atoms with Gasteiger partial charge in [-0.3, -0.25) is 9.69 Å². The molecule has 0 spiro atoms. The molecule has 1 aliphatic rings. The van der Waals surface area contributed by atoms with E-state index in [1.807, 2.05) is 0 Å². The Balaban J connectivity index is 0. The predicted molar refractivity (Wildman–Crippen MR) is 57.6 cm³/mol. The van der Waals surface area contributed by atoms with Crippen LogP contribution in [-0.4, -0.2) is 43.5 Å². The number of nitrogens with one attached hydrogen (secondary N) is 1. The first-order valence-corrected chi connectivity index (χ1v) is 4.00. The van der Waals surface area contributed by atoms with E-state index in [0.29, 0.717) is 6.54 Å². The van der Waals surface area contributed by atoms with Crippen LogP contribution >= 0.6 is 24.8 Å². The van der Waals surface area contributed by atoms with Crippen molar-refractivity contribution in [2.45, 2.75) is 6.42 Å². The maximum atomic E-state index is 10.5. The van der Waals surface area contributed by atoms with Crippen LogP contribution in [0.1, 0.15) is 6.42 Å². The molecule has 4 nitrogen and oxygen atoms in total. The second-order valence-corrected chi connectivity index (χ2v) is 2.85. The molecule has 0 unspecified atom stereocenters. The van der Waals surface area contributed by atoms with Gasteiger partial charge in [0.2, 0.25) is 5.91 Å². The van der Waals surface area contributed by atoms with E-state index in [0.717, 1.165) is 32.6 Å². The van der Waals surface area contributed by atoms with Gasteiger partial charge in [0.1, 0.15) is 0 Å². The van der Waals surface area contributed by atoms with Gasteiger partial charge in [-0.2, -0.15) is 0 Å². The summed E-state index contributed by atoms with van der Waals surface area (Å²) in [5.74, 6) is -0.230. The zero-order valence-corrected chi connectivity index (χ0v) is 9.12. The normalized spacial score (nSPS) is 17.8. The minimum Gasteiger partial charge on any atom is -0.369 e. The van der Waals surface area contributed by atoms with Crippen LogP contribution in [0.5, 0.6) is 0 Å². The molecule has 1 heterocycles. The van der Waals surface area contributed by atoms with Gasteiger partial charge in [0, 0.05) is 13.1 Å². The summed E-state index contributed by atoms with van der Waals surface area (Å²) in [5, 5.41) is 3.26. The largest absolute Gasteiger partial charge is 0.369 e. The fourth-order valence-corrected chi connectivity index (χ4v) is 1.28. The third kappa shape index (κ3) is 7.07. The quantitative estimate of drug-likeness (QED) is 0.679.